The van der Waals surface area contributed by atoms with Gasteiger partial charge in [-0.25, -0.2) is 4.98 Å². The second-order valence-corrected chi connectivity index (χ2v) is 7.69. The highest BCUT2D eigenvalue weighted by molar-refractivity contribution is 7.15. The summed E-state index contributed by atoms with van der Waals surface area (Å²) in [7, 11) is 0. The SMILES string of the molecule is OC1CCCc2nc(N3CCN(C4CCCC4)CC3)sc21. The number of aliphatic hydroxyl groups excluding tert-OH is 1. The van der Waals surface area contributed by atoms with Crippen molar-refractivity contribution in [2.24, 2.45) is 0 Å². The number of fused-ring (bicyclic) bond motifs is 1. The van der Waals surface area contributed by atoms with Crippen molar-refractivity contribution in [1.29, 1.82) is 0 Å². The van der Waals surface area contributed by atoms with Gasteiger partial charge in [0, 0.05) is 32.2 Å². The average Bonchev–Trinajstić information content (AvgIpc) is 3.18. The van der Waals surface area contributed by atoms with Crippen LogP contribution in [0.5, 0.6) is 0 Å². The Morgan fingerprint density at radius 3 is 2.48 bits per heavy atom. The first-order chi connectivity index (χ1) is 10.3. The second-order valence-electron chi connectivity index (χ2n) is 6.68. The van der Waals surface area contributed by atoms with Gasteiger partial charge in [0.15, 0.2) is 5.13 Å². The van der Waals surface area contributed by atoms with E-state index in [0.29, 0.717) is 0 Å². The van der Waals surface area contributed by atoms with Gasteiger partial charge in [-0.05, 0) is 32.1 Å². The molecule has 2 fully saturated rings. The maximum Gasteiger partial charge on any atom is 0.185 e. The van der Waals surface area contributed by atoms with Crippen LogP contribution in [0.2, 0.25) is 0 Å². The van der Waals surface area contributed by atoms with E-state index in [1.807, 2.05) is 0 Å². The summed E-state index contributed by atoms with van der Waals surface area (Å²) in [5.41, 5.74) is 1.16. The van der Waals surface area contributed by atoms with Crippen LogP contribution < -0.4 is 4.90 Å². The number of aryl methyl sites for hydroxylation is 1. The number of aromatic nitrogens is 1. The summed E-state index contributed by atoms with van der Waals surface area (Å²) < 4.78 is 0. The number of hydrogen-bond acceptors (Lipinski definition) is 5. The summed E-state index contributed by atoms with van der Waals surface area (Å²) in [4.78, 5) is 11.1. The van der Waals surface area contributed by atoms with Crippen molar-refractivity contribution >= 4 is 16.5 Å². The molecule has 1 aromatic rings. The van der Waals surface area contributed by atoms with E-state index in [1.165, 1.54) is 38.8 Å². The van der Waals surface area contributed by atoms with Gasteiger partial charge in [0.05, 0.1) is 16.7 Å². The van der Waals surface area contributed by atoms with Gasteiger partial charge in [-0.1, -0.05) is 24.2 Å². The fourth-order valence-corrected chi connectivity index (χ4v) is 5.25. The zero-order chi connectivity index (χ0) is 14.2. The van der Waals surface area contributed by atoms with Crippen molar-refractivity contribution in [1.82, 2.24) is 9.88 Å². The van der Waals surface area contributed by atoms with E-state index in [1.54, 1.807) is 11.3 Å². The van der Waals surface area contributed by atoms with Crippen LogP contribution >= 0.6 is 11.3 Å². The summed E-state index contributed by atoms with van der Waals surface area (Å²) in [6.07, 6.45) is 8.40. The zero-order valence-corrected chi connectivity index (χ0v) is 13.4. The number of anilines is 1. The van der Waals surface area contributed by atoms with E-state index in [9.17, 15) is 5.11 Å². The van der Waals surface area contributed by atoms with Crippen molar-refractivity contribution in [3.05, 3.63) is 10.6 Å². The highest BCUT2D eigenvalue weighted by Crippen LogP contribution is 2.37. The van der Waals surface area contributed by atoms with Gasteiger partial charge in [0.1, 0.15) is 0 Å². The Morgan fingerprint density at radius 2 is 1.76 bits per heavy atom. The van der Waals surface area contributed by atoms with Crippen LogP contribution in [0.15, 0.2) is 0 Å². The standard InChI is InChI=1S/C16H25N3OS/c20-14-7-3-6-13-15(14)21-16(17-13)19-10-8-18(9-11-19)12-4-1-2-5-12/h12,14,20H,1-11H2. The fraction of sp³-hybridized carbons (Fsp3) is 0.812. The lowest BCUT2D eigenvalue weighted by Crippen LogP contribution is -2.49. The Labute approximate surface area is 130 Å². The Kier molecular flexibility index (Phi) is 3.90. The first-order valence-corrected chi connectivity index (χ1v) is 9.29. The van der Waals surface area contributed by atoms with E-state index in [-0.39, 0.29) is 6.10 Å². The molecule has 5 heteroatoms. The number of hydrogen-bond donors (Lipinski definition) is 1. The number of nitrogens with zero attached hydrogens (tertiary/aromatic N) is 3. The highest BCUT2D eigenvalue weighted by Gasteiger charge is 2.29. The van der Waals surface area contributed by atoms with Crippen LogP contribution in [-0.2, 0) is 6.42 Å². The summed E-state index contributed by atoms with van der Waals surface area (Å²) in [5.74, 6) is 0. The molecule has 21 heavy (non-hydrogen) atoms. The van der Waals surface area contributed by atoms with Crippen molar-refractivity contribution in [3.8, 4) is 0 Å². The molecule has 4 rings (SSSR count). The minimum Gasteiger partial charge on any atom is -0.388 e. The molecular weight excluding hydrogens is 282 g/mol. The molecule has 0 radical (unpaired) electrons. The minimum absolute atomic E-state index is 0.264. The number of rotatable bonds is 2. The smallest absolute Gasteiger partial charge is 0.185 e. The predicted molar refractivity (Wildman–Crippen MR) is 86.1 cm³/mol. The molecule has 0 bridgehead atoms. The molecule has 1 atom stereocenters. The third kappa shape index (κ3) is 2.71. The molecule has 1 aliphatic heterocycles. The molecule has 116 valence electrons. The van der Waals surface area contributed by atoms with E-state index < -0.39 is 0 Å². The highest BCUT2D eigenvalue weighted by atomic mass is 32.1. The zero-order valence-electron chi connectivity index (χ0n) is 12.6. The molecule has 1 aromatic heterocycles. The van der Waals surface area contributed by atoms with Crippen LogP contribution in [0.3, 0.4) is 0 Å². The molecule has 4 nitrogen and oxygen atoms in total. The lowest BCUT2D eigenvalue weighted by Gasteiger charge is -2.37. The lowest BCUT2D eigenvalue weighted by atomic mass is 10.0. The first-order valence-electron chi connectivity index (χ1n) is 8.48. The van der Waals surface area contributed by atoms with E-state index in [4.69, 9.17) is 4.98 Å². The molecule has 1 unspecified atom stereocenters. The maximum absolute atomic E-state index is 10.1. The van der Waals surface area contributed by atoms with Crippen molar-refractivity contribution in [2.75, 3.05) is 31.1 Å². The largest absolute Gasteiger partial charge is 0.388 e. The molecule has 1 saturated carbocycles. The van der Waals surface area contributed by atoms with Gasteiger partial charge in [-0.2, -0.15) is 0 Å². The minimum atomic E-state index is -0.264. The average molecular weight is 307 g/mol. The summed E-state index contributed by atoms with van der Waals surface area (Å²) >= 11 is 1.73. The summed E-state index contributed by atoms with van der Waals surface area (Å²) in [6.45, 7) is 4.55. The molecule has 1 saturated heterocycles. The number of thiazole rings is 1. The van der Waals surface area contributed by atoms with Gasteiger partial charge in [0.2, 0.25) is 0 Å². The quantitative estimate of drug-likeness (QED) is 0.911. The maximum atomic E-state index is 10.1. The summed E-state index contributed by atoms with van der Waals surface area (Å²) in [5, 5.41) is 11.2. The number of piperazine rings is 1. The topological polar surface area (TPSA) is 39.6 Å². The molecule has 0 aromatic carbocycles. The molecule has 1 N–H and O–H groups in total. The van der Waals surface area contributed by atoms with Crippen molar-refractivity contribution in [2.45, 2.75) is 57.1 Å². The summed E-state index contributed by atoms with van der Waals surface area (Å²) in [6, 6.07) is 0.846. The van der Waals surface area contributed by atoms with E-state index >= 15 is 0 Å². The molecule has 2 heterocycles. The van der Waals surface area contributed by atoms with Gasteiger partial charge in [-0.3, -0.25) is 4.90 Å². The fourth-order valence-electron chi connectivity index (χ4n) is 4.07. The Balaban J connectivity index is 1.42. The molecule has 0 amide bonds. The number of aliphatic hydroxyl groups is 1. The van der Waals surface area contributed by atoms with Crippen LogP contribution in [0.25, 0.3) is 0 Å². The Hall–Kier alpha value is -0.650. The van der Waals surface area contributed by atoms with Crippen molar-refractivity contribution < 1.29 is 5.11 Å². The molecule has 3 aliphatic rings. The second kappa shape index (κ2) is 5.86. The molecule has 0 spiro atoms. The molecule has 2 aliphatic carbocycles. The first kappa shape index (κ1) is 14.0. The van der Waals surface area contributed by atoms with Gasteiger partial charge in [0.25, 0.3) is 0 Å². The van der Waals surface area contributed by atoms with Crippen molar-refractivity contribution in [3.63, 3.8) is 0 Å². The Bertz CT molecular complexity index is 490. The van der Waals surface area contributed by atoms with Crippen LogP contribution in [0.4, 0.5) is 5.13 Å². The lowest BCUT2D eigenvalue weighted by molar-refractivity contribution is 0.160. The van der Waals surface area contributed by atoms with E-state index in [2.05, 4.69) is 9.80 Å². The van der Waals surface area contributed by atoms with E-state index in [0.717, 1.165) is 54.1 Å². The van der Waals surface area contributed by atoms with Crippen LogP contribution in [0.1, 0.15) is 55.2 Å². The predicted octanol–water partition coefficient (Wildman–Crippen LogP) is 2.58. The van der Waals surface area contributed by atoms with Crippen LogP contribution in [0, 0.1) is 0 Å². The monoisotopic (exact) mass is 307 g/mol. The third-order valence-electron chi connectivity index (χ3n) is 5.34. The van der Waals surface area contributed by atoms with Gasteiger partial charge < -0.3 is 10.0 Å². The Morgan fingerprint density at radius 1 is 1.00 bits per heavy atom. The molecular formula is C16H25N3OS. The third-order valence-corrected chi connectivity index (χ3v) is 6.60. The van der Waals surface area contributed by atoms with Gasteiger partial charge in [-0.15, -0.1) is 0 Å². The normalized spacial score (nSPS) is 28.0. The van der Waals surface area contributed by atoms with Crippen LogP contribution in [-0.4, -0.2) is 47.2 Å². The van der Waals surface area contributed by atoms with Gasteiger partial charge >= 0.3 is 0 Å².